The maximum atomic E-state index is 12.3. The van der Waals surface area contributed by atoms with Crippen LogP contribution in [0.15, 0.2) is 29.2 Å². The first kappa shape index (κ1) is 13.8. The average molecular weight is 270 g/mol. The maximum absolute atomic E-state index is 12.3. The van der Waals surface area contributed by atoms with Gasteiger partial charge in [0.05, 0.1) is 23.8 Å². The topological polar surface area (TPSA) is 72.1 Å². The molecule has 1 aromatic carbocycles. The lowest BCUT2D eigenvalue weighted by molar-refractivity contribution is 0.0524. The van der Waals surface area contributed by atoms with Crippen molar-refractivity contribution in [2.24, 2.45) is 0 Å². The van der Waals surface area contributed by atoms with E-state index in [2.05, 4.69) is 0 Å². The van der Waals surface area contributed by atoms with Crippen molar-refractivity contribution in [2.75, 3.05) is 6.61 Å². The van der Waals surface area contributed by atoms with E-state index in [-0.39, 0.29) is 17.6 Å². The van der Waals surface area contributed by atoms with Crippen LogP contribution in [0.4, 0.5) is 0 Å². The van der Waals surface area contributed by atoms with Crippen molar-refractivity contribution >= 4 is 16.9 Å². The number of pyridine rings is 1. The third kappa shape index (κ3) is 2.28. The molecule has 0 aliphatic heterocycles. The van der Waals surface area contributed by atoms with Gasteiger partial charge in [0.25, 0.3) is 0 Å². The number of hydrogen-bond donors (Lipinski definition) is 0. The summed E-state index contributed by atoms with van der Waals surface area (Å²) in [6.45, 7) is 4.39. The third-order valence-corrected chi connectivity index (χ3v) is 3.05. The molecule has 0 saturated heterocycles. The van der Waals surface area contributed by atoms with Crippen LogP contribution in [0.25, 0.3) is 10.9 Å². The first-order valence-corrected chi connectivity index (χ1v) is 6.36. The first-order valence-electron chi connectivity index (χ1n) is 6.36. The van der Waals surface area contributed by atoms with Crippen molar-refractivity contribution in [3.63, 3.8) is 0 Å². The standard InChI is InChI=1S/C15H14N2O3/c1-3-17-9-12(15(19)20-4-2)14(18)11-6-5-10(8-16)7-13(11)17/h5-7,9H,3-4H2,1-2H3. The Labute approximate surface area is 116 Å². The summed E-state index contributed by atoms with van der Waals surface area (Å²) in [5.74, 6) is -0.619. The predicted octanol–water partition coefficient (Wildman–Crippen LogP) is 2.07. The van der Waals surface area contributed by atoms with Crippen LogP contribution in [0.3, 0.4) is 0 Å². The van der Waals surface area contributed by atoms with Gasteiger partial charge in [0.15, 0.2) is 0 Å². The van der Waals surface area contributed by atoms with Crippen LogP contribution in [0.1, 0.15) is 29.8 Å². The molecule has 0 spiro atoms. The van der Waals surface area contributed by atoms with E-state index >= 15 is 0 Å². The second kappa shape index (κ2) is 5.57. The van der Waals surface area contributed by atoms with Gasteiger partial charge in [-0.1, -0.05) is 0 Å². The Hall–Kier alpha value is -2.61. The molecule has 0 amide bonds. The Bertz CT molecular complexity index is 769. The number of esters is 1. The molecule has 0 fully saturated rings. The average Bonchev–Trinajstić information content (AvgIpc) is 2.47. The molecule has 0 unspecified atom stereocenters. The summed E-state index contributed by atoms with van der Waals surface area (Å²) in [6.07, 6.45) is 1.49. The van der Waals surface area contributed by atoms with Gasteiger partial charge in [-0.3, -0.25) is 4.79 Å². The van der Waals surface area contributed by atoms with Crippen molar-refractivity contribution < 1.29 is 9.53 Å². The summed E-state index contributed by atoms with van der Waals surface area (Å²) in [6, 6.07) is 6.83. The predicted molar refractivity (Wildman–Crippen MR) is 74.6 cm³/mol. The molecule has 0 radical (unpaired) electrons. The molecule has 0 aliphatic rings. The van der Waals surface area contributed by atoms with Crippen molar-refractivity contribution in [3.05, 3.63) is 45.7 Å². The Kier molecular flexibility index (Phi) is 3.85. The van der Waals surface area contributed by atoms with Crippen LogP contribution in [0.2, 0.25) is 0 Å². The summed E-state index contributed by atoms with van der Waals surface area (Å²) >= 11 is 0. The van der Waals surface area contributed by atoms with Crippen LogP contribution in [-0.2, 0) is 11.3 Å². The lowest BCUT2D eigenvalue weighted by atomic mass is 10.1. The van der Waals surface area contributed by atoms with Gasteiger partial charge in [0.1, 0.15) is 5.56 Å². The smallest absolute Gasteiger partial charge is 0.343 e. The minimum atomic E-state index is -0.619. The van der Waals surface area contributed by atoms with E-state index in [4.69, 9.17) is 10.00 Å². The van der Waals surface area contributed by atoms with Gasteiger partial charge in [-0.15, -0.1) is 0 Å². The number of benzene rings is 1. The van der Waals surface area contributed by atoms with Crippen LogP contribution < -0.4 is 5.43 Å². The number of fused-ring (bicyclic) bond motifs is 1. The summed E-state index contributed by atoms with van der Waals surface area (Å²) in [5, 5.41) is 9.34. The molecule has 2 rings (SSSR count). The highest BCUT2D eigenvalue weighted by Gasteiger charge is 2.16. The molecule has 5 heteroatoms. The second-order valence-corrected chi connectivity index (χ2v) is 4.22. The Balaban J connectivity index is 2.77. The number of nitriles is 1. The molecule has 0 aliphatic carbocycles. The zero-order valence-electron chi connectivity index (χ0n) is 11.3. The summed E-state index contributed by atoms with van der Waals surface area (Å²) in [4.78, 5) is 24.1. The second-order valence-electron chi connectivity index (χ2n) is 4.22. The molecular weight excluding hydrogens is 256 g/mol. The van der Waals surface area contributed by atoms with E-state index in [1.54, 1.807) is 29.7 Å². The fourth-order valence-corrected chi connectivity index (χ4v) is 2.08. The Morgan fingerprint density at radius 1 is 1.40 bits per heavy atom. The highest BCUT2D eigenvalue weighted by Crippen LogP contribution is 2.14. The number of rotatable bonds is 3. The van der Waals surface area contributed by atoms with Crippen LogP contribution in [0, 0.1) is 11.3 Å². The highest BCUT2D eigenvalue weighted by atomic mass is 16.5. The lowest BCUT2D eigenvalue weighted by Gasteiger charge is -2.11. The number of nitrogens with zero attached hydrogens (tertiary/aromatic N) is 2. The molecule has 0 atom stereocenters. The number of aryl methyl sites for hydroxylation is 1. The van der Waals surface area contributed by atoms with Gasteiger partial charge in [-0.25, -0.2) is 4.79 Å². The SMILES string of the molecule is CCOC(=O)c1cn(CC)c2cc(C#N)ccc2c1=O. The monoisotopic (exact) mass is 270 g/mol. The zero-order valence-corrected chi connectivity index (χ0v) is 11.3. The molecule has 0 bridgehead atoms. The number of hydrogen-bond acceptors (Lipinski definition) is 4. The summed E-state index contributed by atoms with van der Waals surface area (Å²) < 4.78 is 6.67. The van der Waals surface area contributed by atoms with Gasteiger partial charge in [-0.2, -0.15) is 5.26 Å². The van der Waals surface area contributed by atoms with Gasteiger partial charge in [0.2, 0.25) is 5.43 Å². The van der Waals surface area contributed by atoms with E-state index < -0.39 is 5.97 Å². The summed E-state index contributed by atoms with van der Waals surface area (Å²) in [7, 11) is 0. The molecule has 2 aromatic rings. The Morgan fingerprint density at radius 3 is 2.75 bits per heavy atom. The Morgan fingerprint density at radius 2 is 2.15 bits per heavy atom. The van der Waals surface area contributed by atoms with Gasteiger partial charge in [0, 0.05) is 18.1 Å². The quantitative estimate of drug-likeness (QED) is 0.800. The molecule has 5 nitrogen and oxygen atoms in total. The number of carbonyl (C=O) groups is 1. The molecule has 0 N–H and O–H groups in total. The van der Waals surface area contributed by atoms with Crippen molar-refractivity contribution in [1.82, 2.24) is 4.57 Å². The zero-order chi connectivity index (χ0) is 14.7. The third-order valence-electron chi connectivity index (χ3n) is 3.05. The molecular formula is C15H14N2O3. The van der Waals surface area contributed by atoms with Crippen LogP contribution in [0.5, 0.6) is 0 Å². The first-order chi connectivity index (χ1) is 9.62. The van der Waals surface area contributed by atoms with E-state index in [0.717, 1.165) is 0 Å². The van der Waals surface area contributed by atoms with Crippen LogP contribution in [-0.4, -0.2) is 17.1 Å². The fraction of sp³-hybridized carbons (Fsp3) is 0.267. The molecule has 1 heterocycles. The van der Waals surface area contributed by atoms with Crippen molar-refractivity contribution in [2.45, 2.75) is 20.4 Å². The number of aromatic nitrogens is 1. The van der Waals surface area contributed by atoms with E-state index in [9.17, 15) is 9.59 Å². The van der Waals surface area contributed by atoms with Crippen LogP contribution >= 0.6 is 0 Å². The number of carbonyl (C=O) groups excluding carboxylic acids is 1. The largest absolute Gasteiger partial charge is 0.462 e. The lowest BCUT2D eigenvalue weighted by Crippen LogP contribution is -2.20. The molecule has 102 valence electrons. The minimum absolute atomic E-state index is 0.0194. The van der Waals surface area contributed by atoms with Gasteiger partial charge >= 0.3 is 5.97 Å². The molecule has 0 saturated carbocycles. The highest BCUT2D eigenvalue weighted by molar-refractivity contribution is 5.94. The minimum Gasteiger partial charge on any atom is -0.462 e. The van der Waals surface area contributed by atoms with E-state index in [1.165, 1.54) is 6.20 Å². The fourth-order valence-electron chi connectivity index (χ4n) is 2.08. The van der Waals surface area contributed by atoms with Crippen molar-refractivity contribution in [1.29, 1.82) is 5.26 Å². The normalized spacial score (nSPS) is 10.2. The van der Waals surface area contributed by atoms with Gasteiger partial charge < -0.3 is 9.30 Å². The van der Waals surface area contributed by atoms with E-state index in [0.29, 0.717) is 23.0 Å². The van der Waals surface area contributed by atoms with Crippen molar-refractivity contribution in [3.8, 4) is 6.07 Å². The van der Waals surface area contributed by atoms with Gasteiger partial charge in [-0.05, 0) is 32.0 Å². The molecule has 20 heavy (non-hydrogen) atoms. The summed E-state index contributed by atoms with van der Waals surface area (Å²) in [5.41, 5.74) is 0.770. The number of ether oxygens (including phenoxy) is 1. The molecule has 1 aromatic heterocycles. The van der Waals surface area contributed by atoms with E-state index in [1.807, 2.05) is 13.0 Å². The maximum Gasteiger partial charge on any atom is 0.343 e.